The van der Waals surface area contributed by atoms with Crippen molar-refractivity contribution in [2.75, 3.05) is 0 Å². The van der Waals surface area contributed by atoms with Crippen LogP contribution in [0, 0.1) is 0 Å². The number of hydrogen-bond acceptors (Lipinski definition) is 1. The molecular weight excluding hydrogens is 295 g/mol. The van der Waals surface area contributed by atoms with Gasteiger partial charge in [-0.05, 0) is 44.3 Å². The monoisotopic (exact) mass is 310 g/mol. The largest absolute Gasteiger partial charge is 0.357 e. The smallest absolute Gasteiger partial charge is 0.321 e. The van der Waals surface area contributed by atoms with Gasteiger partial charge >= 0.3 is 7.60 Å². The van der Waals surface area contributed by atoms with Crippen molar-refractivity contribution in [3.8, 4) is 0 Å². The second kappa shape index (κ2) is 4.53. The van der Waals surface area contributed by atoms with Crippen LogP contribution in [0.1, 0.15) is 12.5 Å². The minimum Gasteiger partial charge on any atom is -0.321 e. The summed E-state index contributed by atoms with van der Waals surface area (Å²) in [5.41, 5.74) is 0.721. The summed E-state index contributed by atoms with van der Waals surface area (Å²) in [5, 5.41) is 6.11. The van der Waals surface area contributed by atoms with E-state index in [1.165, 1.54) is 0 Å². The van der Waals surface area contributed by atoms with Crippen LogP contribution in [-0.2, 0) is 11.0 Å². The molecule has 0 fully saturated rings. The van der Waals surface area contributed by atoms with Gasteiger partial charge in [0.1, 0.15) is 0 Å². The fourth-order valence-electron chi connectivity index (χ4n) is 3.47. The maximum absolute atomic E-state index is 12.1. The Balaban J connectivity index is 2.35. The summed E-state index contributed by atoms with van der Waals surface area (Å²) < 4.78 is 12.1. The van der Waals surface area contributed by atoms with E-state index in [1.807, 2.05) is 49.4 Å². The second-order valence-electron chi connectivity index (χ2n) is 5.64. The Morgan fingerprint density at radius 2 is 1.55 bits per heavy atom. The van der Waals surface area contributed by atoms with E-state index in [1.54, 1.807) is 0 Å². The lowest BCUT2D eigenvalue weighted by molar-refractivity contribution is 0.387. The molecule has 0 atom stereocenters. The molecule has 3 nitrogen and oxygen atoms in total. The SMILES string of the molecule is CCc1cc2ccc3cccc4ccc(c1P(=O)(O)O)c2c34. The normalized spacial score (nSPS) is 12.7. The highest BCUT2D eigenvalue weighted by Gasteiger charge is 2.25. The maximum atomic E-state index is 12.1. The van der Waals surface area contributed by atoms with E-state index in [9.17, 15) is 14.4 Å². The van der Waals surface area contributed by atoms with Gasteiger partial charge in [0.25, 0.3) is 0 Å². The van der Waals surface area contributed by atoms with Crippen LogP contribution in [0.5, 0.6) is 0 Å². The van der Waals surface area contributed by atoms with Crippen LogP contribution >= 0.6 is 7.60 Å². The fourth-order valence-corrected chi connectivity index (χ4v) is 4.57. The van der Waals surface area contributed by atoms with Gasteiger partial charge in [-0.1, -0.05) is 55.5 Å². The quantitative estimate of drug-likeness (QED) is 0.435. The summed E-state index contributed by atoms with van der Waals surface area (Å²) in [6, 6.07) is 15.9. The van der Waals surface area contributed by atoms with Crippen molar-refractivity contribution in [1.82, 2.24) is 0 Å². The van der Waals surface area contributed by atoms with Crippen molar-refractivity contribution in [3.05, 3.63) is 54.1 Å². The summed E-state index contributed by atoms with van der Waals surface area (Å²) >= 11 is 0. The molecule has 4 aromatic rings. The molecule has 0 aliphatic heterocycles. The maximum Gasteiger partial charge on any atom is 0.357 e. The summed E-state index contributed by atoms with van der Waals surface area (Å²) in [6.07, 6.45) is 0.594. The van der Waals surface area contributed by atoms with Crippen molar-refractivity contribution in [1.29, 1.82) is 0 Å². The van der Waals surface area contributed by atoms with E-state index in [-0.39, 0.29) is 5.30 Å². The Morgan fingerprint density at radius 3 is 2.18 bits per heavy atom. The minimum absolute atomic E-state index is 0.181. The first-order valence-electron chi connectivity index (χ1n) is 7.26. The number of aryl methyl sites for hydroxylation is 1. The molecule has 110 valence electrons. The van der Waals surface area contributed by atoms with Gasteiger partial charge < -0.3 is 9.79 Å². The molecule has 22 heavy (non-hydrogen) atoms. The van der Waals surface area contributed by atoms with Crippen LogP contribution < -0.4 is 5.30 Å². The van der Waals surface area contributed by atoms with Crippen LogP contribution in [-0.4, -0.2) is 9.79 Å². The third-order valence-electron chi connectivity index (χ3n) is 4.37. The molecule has 4 aromatic carbocycles. The number of benzene rings is 4. The average Bonchev–Trinajstić information content (AvgIpc) is 2.50. The molecule has 0 aromatic heterocycles. The Labute approximate surface area is 127 Å². The van der Waals surface area contributed by atoms with Crippen molar-refractivity contribution in [3.63, 3.8) is 0 Å². The van der Waals surface area contributed by atoms with E-state index in [0.29, 0.717) is 11.8 Å². The second-order valence-corrected chi connectivity index (χ2v) is 7.17. The average molecular weight is 310 g/mol. The van der Waals surface area contributed by atoms with Crippen molar-refractivity contribution >= 4 is 45.2 Å². The van der Waals surface area contributed by atoms with Gasteiger partial charge in [0.2, 0.25) is 0 Å². The van der Waals surface area contributed by atoms with E-state index in [0.717, 1.165) is 32.5 Å². The zero-order valence-electron chi connectivity index (χ0n) is 12.1. The molecule has 4 rings (SSSR count). The highest BCUT2D eigenvalue weighted by atomic mass is 31.2. The van der Waals surface area contributed by atoms with E-state index >= 15 is 0 Å². The summed E-state index contributed by atoms with van der Waals surface area (Å²) in [6.45, 7) is 1.92. The molecule has 0 saturated carbocycles. The predicted octanol–water partition coefficient (Wildman–Crippen LogP) is 3.95. The molecule has 0 heterocycles. The van der Waals surface area contributed by atoms with Gasteiger partial charge in [0.05, 0.1) is 5.30 Å². The predicted molar refractivity (Wildman–Crippen MR) is 91.2 cm³/mol. The summed E-state index contributed by atoms with van der Waals surface area (Å²) in [7, 11) is -4.33. The van der Waals surface area contributed by atoms with Gasteiger partial charge in [0, 0.05) is 0 Å². The number of hydrogen-bond donors (Lipinski definition) is 2. The molecule has 0 saturated heterocycles. The molecule has 0 spiro atoms. The lowest BCUT2D eigenvalue weighted by Gasteiger charge is -2.17. The van der Waals surface area contributed by atoms with Crippen LogP contribution in [0.4, 0.5) is 0 Å². The first kappa shape index (κ1) is 13.7. The molecule has 0 aliphatic carbocycles. The topological polar surface area (TPSA) is 57.5 Å². The van der Waals surface area contributed by atoms with Crippen molar-refractivity contribution in [2.45, 2.75) is 13.3 Å². The van der Waals surface area contributed by atoms with Crippen LogP contribution in [0.2, 0.25) is 0 Å². The highest BCUT2D eigenvalue weighted by molar-refractivity contribution is 7.61. The van der Waals surface area contributed by atoms with E-state index < -0.39 is 7.60 Å². The standard InChI is InChI=1S/C18H15O3P/c1-2-11-10-14-7-6-12-4-3-5-13-8-9-15(17(14)16(12)13)18(11)22(19,20)21/h3-10H,2H2,1H3,(H2,19,20,21). The summed E-state index contributed by atoms with van der Waals surface area (Å²) in [5.74, 6) is 0. The van der Waals surface area contributed by atoms with Crippen LogP contribution in [0.3, 0.4) is 0 Å². The molecular formula is C18H15O3P. The Kier molecular flexibility index (Phi) is 2.82. The zero-order chi connectivity index (χ0) is 15.5. The third kappa shape index (κ3) is 1.80. The first-order chi connectivity index (χ1) is 10.5. The van der Waals surface area contributed by atoms with Crippen LogP contribution in [0.25, 0.3) is 32.3 Å². The van der Waals surface area contributed by atoms with Crippen LogP contribution in [0.15, 0.2) is 48.5 Å². The molecule has 0 radical (unpaired) electrons. The summed E-state index contributed by atoms with van der Waals surface area (Å²) in [4.78, 5) is 19.7. The van der Waals surface area contributed by atoms with Crippen molar-refractivity contribution in [2.24, 2.45) is 0 Å². The third-order valence-corrected chi connectivity index (χ3v) is 5.48. The minimum atomic E-state index is -4.33. The highest BCUT2D eigenvalue weighted by Crippen LogP contribution is 2.42. The van der Waals surface area contributed by atoms with Gasteiger partial charge in [-0.25, -0.2) is 0 Å². The molecule has 0 bridgehead atoms. The van der Waals surface area contributed by atoms with Gasteiger partial charge in [-0.15, -0.1) is 0 Å². The van der Waals surface area contributed by atoms with Gasteiger partial charge in [-0.3, -0.25) is 4.57 Å². The Hall–Kier alpha value is -1.93. The molecule has 0 unspecified atom stereocenters. The van der Waals surface area contributed by atoms with Gasteiger partial charge in [-0.2, -0.15) is 0 Å². The molecule has 0 amide bonds. The first-order valence-corrected chi connectivity index (χ1v) is 8.87. The zero-order valence-corrected chi connectivity index (χ0v) is 13.0. The van der Waals surface area contributed by atoms with Gasteiger partial charge in [0.15, 0.2) is 0 Å². The van der Waals surface area contributed by atoms with E-state index in [4.69, 9.17) is 0 Å². The molecule has 4 heteroatoms. The number of rotatable bonds is 2. The molecule has 2 N–H and O–H groups in total. The van der Waals surface area contributed by atoms with E-state index in [2.05, 4.69) is 6.07 Å². The van der Waals surface area contributed by atoms with Crippen molar-refractivity contribution < 1.29 is 14.4 Å². The lowest BCUT2D eigenvalue weighted by atomic mass is 9.92. The Morgan fingerprint density at radius 1 is 0.909 bits per heavy atom. The fraction of sp³-hybridized carbons (Fsp3) is 0.111. The Bertz CT molecular complexity index is 1050. The molecule has 0 aliphatic rings. The lowest BCUT2D eigenvalue weighted by Crippen LogP contribution is -2.12.